The molecule has 0 radical (unpaired) electrons. The summed E-state index contributed by atoms with van der Waals surface area (Å²) in [6, 6.07) is 4.26. The Bertz CT molecular complexity index is 660. The monoisotopic (exact) mass is 345 g/mol. The summed E-state index contributed by atoms with van der Waals surface area (Å²) in [5.41, 5.74) is 1.97. The normalized spacial score (nSPS) is 17.9. The van der Waals surface area contributed by atoms with E-state index in [0.717, 1.165) is 30.7 Å². The molecule has 2 aromatic rings. The summed E-state index contributed by atoms with van der Waals surface area (Å²) in [5.74, 6) is 0.229. The predicted molar refractivity (Wildman–Crippen MR) is 94.1 cm³/mol. The summed E-state index contributed by atoms with van der Waals surface area (Å²) >= 11 is 1.71. The third-order valence-corrected chi connectivity index (χ3v) is 5.35. The van der Waals surface area contributed by atoms with Gasteiger partial charge in [0.05, 0.1) is 30.6 Å². The van der Waals surface area contributed by atoms with Gasteiger partial charge in [0.2, 0.25) is 5.91 Å². The second kappa shape index (κ2) is 8.35. The number of carbonyl (C=O) groups is 1. The van der Waals surface area contributed by atoms with Gasteiger partial charge in [0.25, 0.3) is 0 Å². The molecule has 1 aliphatic heterocycles. The van der Waals surface area contributed by atoms with Crippen molar-refractivity contribution in [2.45, 2.75) is 38.6 Å². The van der Waals surface area contributed by atoms with Crippen molar-refractivity contribution in [2.75, 3.05) is 19.8 Å². The number of hydrogen-bond acceptors (Lipinski definition) is 5. The fourth-order valence-corrected chi connectivity index (χ4v) is 3.75. The quantitative estimate of drug-likeness (QED) is 0.808. The van der Waals surface area contributed by atoms with Crippen LogP contribution < -0.4 is 0 Å². The van der Waals surface area contributed by atoms with Crippen LogP contribution in [0.5, 0.6) is 0 Å². The van der Waals surface area contributed by atoms with E-state index in [2.05, 4.69) is 21.4 Å². The van der Waals surface area contributed by atoms with Crippen molar-refractivity contribution in [1.29, 1.82) is 0 Å². The summed E-state index contributed by atoms with van der Waals surface area (Å²) in [4.78, 5) is 24.6. The van der Waals surface area contributed by atoms with Crippen LogP contribution in [0.3, 0.4) is 0 Å². The lowest BCUT2D eigenvalue weighted by Gasteiger charge is -2.36. The van der Waals surface area contributed by atoms with E-state index in [1.165, 1.54) is 4.88 Å². The summed E-state index contributed by atoms with van der Waals surface area (Å²) < 4.78 is 5.60. The summed E-state index contributed by atoms with van der Waals surface area (Å²) in [6.07, 6.45) is 6.52. The molecular formula is C18H23N3O2S. The standard InChI is InChI=1S/C18H23N3O2S/c1-14-17(20-9-8-19-14)6-4-15-13-23-11-10-21(15)18(22)7-5-16-3-2-12-24-16/h2-3,8-9,12,15H,4-7,10-11,13H2,1H3. The molecule has 0 aromatic carbocycles. The van der Waals surface area contributed by atoms with Crippen molar-refractivity contribution in [3.05, 3.63) is 46.2 Å². The zero-order valence-electron chi connectivity index (χ0n) is 14.0. The zero-order valence-corrected chi connectivity index (χ0v) is 14.8. The van der Waals surface area contributed by atoms with Gasteiger partial charge >= 0.3 is 0 Å². The minimum absolute atomic E-state index is 0.135. The Hall–Kier alpha value is -1.79. The van der Waals surface area contributed by atoms with Gasteiger partial charge in [-0.2, -0.15) is 0 Å². The molecule has 0 spiro atoms. The summed E-state index contributed by atoms with van der Waals surface area (Å²) in [6.45, 7) is 3.91. The predicted octanol–water partition coefficient (Wildman–Crippen LogP) is 2.64. The number of aryl methyl sites for hydroxylation is 3. The summed E-state index contributed by atoms with van der Waals surface area (Å²) in [5, 5.41) is 2.06. The lowest BCUT2D eigenvalue weighted by molar-refractivity contribution is -0.140. The molecule has 24 heavy (non-hydrogen) atoms. The molecule has 0 saturated carbocycles. The Morgan fingerprint density at radius 3 is 3.04 bits per heavy atom. The van der Waals surface area contributed by atoms with E-state index in [1.54, 1.807) is 23.7 Å². The molecule has 128 valence electrons. The first-order chi connectivity index (χ1) is 11.7. The second-order valence-corrected chi connectivity index (χ2v) is 7.05. The van der Waals surface area contributed by atoms with Crippen LogP contribution in [-0.2, 0) is 22.4 Å². The largest absolute Gasteiger partial charge is 0.377 e. The molecule has 1 aliphatic rings. The van der Waals surface area contributed by atoms with Crippen LogP contribution in [0.25, 0.3) is 0 Å². The Morgan fingerprint density at radius 1 is 1.38 bits per heavy atom. The molecular weight excluding hydrogens is 322 g/mol. The first kappa shape index (κ1) is 17.0. The Kier molecular flexibility index (Phi) is 5.93. The summed E-state index contributed by atoms with van der Waals surface area (Å²) in [7, 11) is 0. The number of carbonyl (C=O) groups excluding carboxylic acids is 1. The van der Waals surface area contributed by atoms with E-state index < -0.39 is 0 Å². The van der Waals surface area contributed by atoms with Crippen LogP contribution in [0.4, 0.5) is 0 Å². The van der Waals surface area contributed by atoms with E-state index in [4.69, 9.17) is 4.74 Å². The van der Waals surface area contributed by atoms with Gasteiger partial charge in [-0.25, -0.2) is 0 Å². The van der Waals surface area contributed by atoms with Crippen molar-refractivity contribution in [2.24, 2.45) is 0 Å². The first-order valence-electron chi connectivity index (χ1n) is 8.40. The van der Waals surface area contributed by atoms with Gasteiger partial charge in [0.1, 0.15) is 0 Å². The van der Waals surface area contributed by atoms with Gasteiger partial charge in [0, 0.05) is 30.2 Å². The highest BCUT2D eigenvalue weighted by Crippen LogP contribution is 2.17. The second-order valence-electron chi connectivity index (χ2n) is 6.02. The smallest absolute Gasteiger partial charge is 0.223 e. The van der Waals surface area contributed by atoms with E-state index in [9.17, 15) is 4.79 Å². The van der Waals surface area contributed by atoms with Gasteiger partial charge < -0.3 is 9.64 Å². The van der Waals surface area contributed by atoms with E-state index in [1.807, 2.05) is 17.9 Å². The molecule has 3 heterocycles. The molecule has 1 fully saturated rings. The molecule has 0 N–H and O–H groups in total. The molecule has 1 saturated heterocycles. The van der Waals surface area contributed by atoms with E-state index in [-0.39, 0.29) is 11.9 Å². The molecule has 1 unspecified atom stereocenters. The third-order valence-electron chi connectivity index (χ3n) is 4.41. The van der Waals surface area contributed by atoms with Crippen molar-refractivity contribution in [3.63, 3.8) is 0 Å². The number of morpholine rings is 1. The molecule has 3 rings (SSSR count). The number of rotatable bonds is 6. The van der Waals surface area contributed by atoms with Gasteiger partial charge in [-0.1, -0.05) is 6.07 Å². The molecule has 5 nitrogen and oxygen atoms in total. The number of hydrogen-bond donors (Lipinski definition) is 0. The topological polar surface area (TPSA) is 55.3 Å². The Balaban J connectivity index is 1.56. The molecule has 6 heteroatoms. The van der Waals surface area contributed by atoms with E-state index in [0.29, 0.717) is 26.2 Å². The maximum atomic E-state index is 12.6. The van der Waals surface area contributed by atoms with E-state index >= 15 is 0 Å². The van der Waals surface area contributed by atoms with Crippen LogP contribution in [0.2, 0.25) is 0 Å². The first-order valence-corrected chi connectivity index (χ1v) is 9.28. The number of aromatic nitrogens is 2. The van der Waals surface area contributed by atoms with Gasteiger partial charge in [-0.15, -0.1) is 11.3 Å². The van der Waals surface area contributed by atoms with Gasteiger partial charge in [-0.05, 0) is 37.6 Å². The van der Waals surface area contributed by atoms with Crippen LogP contribution in [0, 0.1) is 6.92 Å². The van der Waals surface area contributed by atoms with Crippen LogP contribution >= 0.6 is 11.3 Å². The van der Waals surface area contributed by atoms with Crippen LogP contribution in [-0.4, -0.2) is 46.6 Å². The third kappa shape index (κ3) is 4.39. The SMILES string of the molecule is Cc1nccnc1CCC1COCCN1C(=O)CCc1cccs1. The zero-order chi connectivity index (χ0) is 16.8. The van der Waals surface area contributed by atoms with Crippen LogP contribution in [0.15, 0.2) is 29.9 Å². The van der Waals surface area contributed by atoms with Gasteiger partial charge in [-0.3, -0.25) is 14.8 Å². The van der Waals surface area contributed by atoms with Crippen molar-refractivity contribution >= 4 is 17.2 Å². The van der Waals surface area contributed by atoms with Crippen molar-refractivity contribution in [3.8, 4) is 0 Å². The van der Waals surface area contributed by atoms with Crippen molar-refractivity contribution in [1.82, 2.24) is 14.9 Å². The molecule has 1 atom stereocenters. The lowest BCUT2D eigenvalue weighted by Crippen LogP contribution is -2.49. The number of nitrogens with zero attached hydrogens (tertiary/aromatic N) is 3. The molecule has 2 aromatic heterocycles. The fraction of sp³-hybridized carbons (Fsp3) is 0.500. The van der Waals surface area contributed by atoms with Gasteiger partial charge in [0.15, 0.2) is 0 Å². The number of amides is 1. The average Bonchev–Trinajstić information content (AvgIpc) is 3.13. The van der Waals surface area contributed by atoms with Crippen LogP contribution in [0.1, 0.15) is 29.1 Å². The Labute approximate surface area is 146 Å². The highest BCUT2D eigenvalue weighted by molar-refractivity contribution is 7.09. The molecule has 1 amide bonds. The average molecular weight is 345 g/mol. The molecule has 0 bridgehead atoms. The number of thiophene rings is 1. The highest BCUT2D eigenvalue weighted by atomic mass is 32.1. The minimum atomic E-state index is 0.135. The van der Waals surface area contributed by atoms with Crippen molar-refractivity contribution < 1.29 is 9.53 Å². The minimum Gasteiger partial charge on any atom is -0.377 e. The maximum absolute atomic E-state index is 12.6. The maximum Gasteiger partial charge on any atom is 0.223 e. The fourth-order valence-electron chi connectivity index (χ4n) is 3.04. The Morgan fingerprint density at radius 2 is 2.25 bits per heavy atom. The number of ether oxygens (including phenoxy) is 1. The lowest BCUT2D eigenvalue weighted by atomic mass is 10.1. The molecule has 0 aliphatic carbocycles. The highest BCUT2D eigenvalue weighted by Gasteiger charge is 2.27.